The summed E-state index contributed by atoms with van der Waals surface area (Å²) in [4.78, 5) is 11.4. The molecule has 0 radical (unpaired) electrons. The maximum atomic E-state index is 11.4. The molecule has 0 saturated heterocycles. The number of fused-ring (bicyclic) bond motifs is 1. The lowest BCUT2D eigenvalue weighted by molar-refractivity contribution is 0.168. The minimum atomic E-state index is -0.488. The molecule has 1 aromatic carbocycles. The normalized spacial score (nSPS) is 16.9. The molecule has 1 heterocycles. The number of hydrogen-bond donors (Lipinski definition) is 1. The Balaban J connectivity index is 1.67. The number of rotatable bonds is 4. The average Bonchev–Trinajstić information content (AvgIpc) is 2.95. The first-order chi connectivity index (χ1) is 10.8. The highest BCUT2D eigenvalue weighted by Gasteiger charge is 2.22. The van der Waals surface area contributed by atoms with E-state index in [4.69, 9.17) is 4.74 Å². The fraction of sp³-hybridized carbons (Fsp3) is 0.400. The molecule has 1 aliphatic carbocycles. The molecule has 5 nitrogen and oxygen atoms in total. The predicted molar refractivity (Wildman–Crippen MR) is 88.5 cm³/mol. The van der Waals surface area contributed by atoms with E-state index in [0.29, 0.717) is 17.0 Å². The summed E-state index contributed by atoms with van der Waals surface area (Å²) >= 11 is 3.11. The lowest BCUT2D eigenvalue weighted by Crippen LogP contribution is -2.12. The van der Waals surface area contributed by atoms with Crippen molar-refractivity contribution in [2.75, 3.05) is 11.9 Å². The van der Waals surface area contributed by atoms with Gasteiger partial charge in [-0.05, 0) is 37.3 Å². The highest BCUT2D eigenvalue weighted by atomic mass is 32.2. The number of aryl methyl sites for hydroxylation is 1. The predicted octanol–water partition coefficient (Wildman–Crippen LogP) is 4.28. The van der Waals surface area contributed by atoms with E-state index in [1.165, 1.54) is 28.9 Å². The van der Waals surface area contributed by atoms with E-state index in [0.717, 1.165) is 17.2 Å². The number of benzene rings is 1. The van der Waals surface area contributed by atoms with Crippen LogP contribution in [-0.2, 0) is 11.2 Å². The molecule has 0 spiro atoms. The Morgan fingerprint density at radius 3 is 3.18 bits per heavy atom. The number of thioether (sulfide) groups is 1. The van der Waals surface area contributed by atoms with Crippen LogP contribution in [0.25, 0.3) is 0 Å². The van der Waals surface area contributed by atoms with Crippen molar-refractivity contribution in [2.24, 2.45) is 0 Å². The summed E-state index contributed by atoms with van der Waals surface area (Å²) in [5, 5.41) is 11.6. The molecule has 0 fully saturated rings. The molecule has 1 N–H and O–H groups in total. The van der Waals surface area contributed by atoms with Crippen LogP contribution in [0.2, 0.25) is 0 Å². The summed E-state index contributed by atoms with van der Waals surface area (Å²) in [6, 6.07) is 8.59. The Kier molecular flexibility index (Phi) is 4.94. The van der Waals surface area contributed by atoms with Gasteiger partial charge in [0.25, 0.3) is 0 Å². The van der Waals surface area contributed by atoms with E-state index in [9.17, 15) is 4.79 Å². The third kappa shape index (κ3) is 3.59. The number of aromatic nitrogens is 2. The number of ether oxygens (including phenoxy) is 1. The molecule has 1 aliphatic rings. The average molecular weight is 335 g/mol. The second-order valence-corrected chi connectivity index (χ2v) is 7.34. The standard InChI is InChI=1S/C15H17N3O2S2/c1-2-20-14(19)16-13-17-18-15(22-13)21-12-9-5-7-10-6-3-4-8-11(10)12/h3-4,6,8,12H,2,5,7,9H2,1H3,(H,16,17,19)/t12-/m1/s1. The monoisotopic (exact) mass is 335 g/mol. The topological polar surface area (TPSA) is 64.1 Å². The number of anilines is 1. The Hall–Kier alpha value is -1.60. The van der Waals surface area contributed by atoms with Crippen molar-refractivity contribution in [3.05, 3.63) is 35.4 Å². The van der Waals surface area contributed by atoms with Gasteiger partial charge in [0.1, 0.15) is 0 Å². The summed E-state index contributed by atoms with van der Waals surface area (Å²) < 4.78 is 5.70. The zero-order valence-electron chi connectivity index (χ0n) is 12.2. The van der Waals surface area contributed by atoms with Gasteiger partial charge in [0.15, 0.2) is 4.34 Å². The number of nitrogens with one attached hydrogen (secondary N) is 1. The molecule has 22 heavy (non-hydrogen) atoms. The van der Waals surface area contributed by atoms with Crippen LogP contribution in [0, 0.1) is 0 Å². The first-order valence-corrected chi connectivity index (χ1v) is 8.97. The zero-order chi connectivity index (χ0) is 15.4. The van der Waals surface area contributed by atoms with Crippen LogP contribution in [0.1, 0.15) is 36.1 Å². The largest absolute Gasteiger partial charge is 0.450 e. The van der Waals surface area contributed by atoms with Crippen LogP contribution in [0.15, 0.2) is 28.6 Å². The van der Waals surface area contributed by atoms with Crippen LogP contribution < -0.4 is 5.32 Å². The number of amides is 1. The van der Waals surface area contributed by atoms with Crippen molar-refractivity contribution in [3.8, 4) is 0 Å². The quantitative estimate of drug-likeness (QED) is 0.845. The summed E-state index contributed by atoms with van der Waals surface area (Å²) in [6.07, 6.45) is 3.00. The van der Waals surface area contributed by atoms with E-state index in [2.05, 4.69) is 39.8 Å². The molecule has 0 bridgehead atoms. The van der Waals surface area contributed by atoms with Gasteiger partial charge in [0, 0.05) is 5.25 Å². The molecule has 1 atom stereocenters. The van der Waals surface area contributed by atoms with E-state index >= 15 is 0 Å². The molecule has 3 rings (SSSR count). The summed E-state index contributed by atoms with van der Waals surface area (Å²) in [5.74, 6) is 0. The van der Waals surface area contributed by atoms with Gasteiger partial charge in [-0.2, -0.15) is 0 Å². The lowest BCUT2D eigenvalue weighted by atomic mass is 9.91. The molecule has 116 valence electrons. The maximum Gasteiger partial charge on any atom is 0.413 e. The number of carbonyl (C=O) groups excluding carboxylic acids is 1. The fourth-order valence-electron chi connectivity index (χ4n) is 2.52. The zero-order valence-corrected chi connectivity index (χ0v) is 13.9. The number of carbonyl (C=O) groups is 1. The molecule has 0 unspecified atom stereocenters. The molecule has 0 saturated carbocycles. The molecule has 1 amide bonds. The highest BCUT2D eigenvalue weighted by molar-refractivity contribution is 8.01. The lowest BCUT2D eigenvalue weighted by Gasteiger charge is -2.23. The molecule has 2 aromatic rings. The molecular formula is C15H17N3O2S2. The highest BCUT2D eigenvalue weighted by Crippen LogP contribution is 2.44. The van der Waals surface area contributed by atoms with Gasteiger partial charge in [0.2, 0.25) is 5.13 Å². The molecule has 7 heteroatoms. The van der Waals surface area contributed by atoms with Crippen LogP contribution >= 0.6 is 23.1 Å². The Bertz CT molecular complexity index is 660. The number of nitrogens with zero attached hydrogens (tertiary/aromatic N) is 2. The van der Waals surface area contributed by atoms with Crippen molar-refractivity contribution >= 4 is 34.3 Å². The van der Waals surface area contributed by atoms with Crippen LogP contribution in [0.3, 0.4) is 0 Å². The maximum absolute atomic E-state index is 11.4. The van der Waals surface area contributed by atoms with Gasteiger partial charge in [-0.15, -0.1) is 10.2 Å². The third-order valence-electron chi connectivity index (χ3n) is 3.45. The van der Waals surface area contributed by atoms with Gasteiger partial charge in [-0.3, -0.25) is 5.32 Å². The Morgan fingerprint density at radius 2 is 2.32 bits per heavy atom. The van der Waals surface area contributed by atoms with Crippen molar-refractivity contribution in [2.45, 2.75) is 35.8 Å². The van der Waals surface area contributed by atoms with Gasteiger partial charge < -0.3 is 4.74 Å². The van der Waals surface area contributed by atoms with E-state index in [1.54, 1.807) is 18.7 Å². The van der Waals surface area contributed by atoms with Crippen molar-refractivity contribution < 1.29 is 9.53 Å². The molecule has 1 aromatic heterocycles. The Labute approximate surface area is 137 Å². The summed E-state index contributed by atoms with van der Waals surface area (Å²) in [6.45, 7) is 2.10. The molecular weight excluding hydrogens is 318 g/mol. The fourth-order valence-corrected chi connectivity index (χ4v) is 4.73. The van der Waals surface area contributed by atoms with Crippen molar-refractivity contribution in [3.63, 3.8) is 0 Å². The van der Waals surface area contributed by atoms with Crippen LogP contribution in [0.4, 0.5) is 9.93 Å². The van der Waals surface area contributed by atoms with Crippen molar-refractivity contribution in [1.82, 2.24) is 10.2 Å². The first-order valence-electron chi connectivity index (χ1n) is 7.28. The van der Waals surface area contributed by atoms with E-state index in [1.807, 2.05) is 0 Å². The summed E-state index contributed by atoms with van der Waals surface area (Å²) in [7, 11) is 0. The molecule has 0 aliphatic heterocycles. The van der Waals surface area contributed by atoms with Crippen molar-refractivity contribution in [1.29, 1.82) is 0 Å². The summed E-state index contributed by atoms with van der Waals surface area (Å²) in [5.41, 5.74) is 2.83. The van der Waals surface area contributed by atoms with Crippen LogP contribution in [0.5, 0.6) is 0 Å². The third-order valence-corrected chi connectivity index (χ3v) is 5.68. The SMILES string of the molecule is CCOC(=O)Nc1nnc(S[C@@H]2CCCc3ccccc32)s1. The van der Waals surface area contributed by atoms with E-state index < -0.39 is 6.09 Å². The first kappa shape index (κ1) is 15.3. The van der Waals surface area contributed by atoms with Gasteiger partial charge >= 0.3 is 6.09 Å². The minimum absolute atomic E-state index is 0.338. The number of hydrogen-bond acceptors (Lipinski definition) is 6. The smallest absolute Gasteiger partial charge is 0.413 e. The second kappa shape index (κ2) is 7.11. The van der Waals surface area contributed by atoms with Gasteiger partial charge in [-0.25, -0.2) is 4.79 Å². The van der Waals surface area contributed by atoms with Gasteiger partial charge in [-0.1, -0.05) is 47.4 Å². The van der Waals surface area contributed by atoms with E-state index in [-0.39, 0.29) is 0 Å². The van der Waals surface area contributed by atoms with Crippen LogP contribution in [-0.4, -0.2) is 22.9 Å². The minimum Gasteiger partial charge on any atom is -0.450 e. The Morgan fingerprint density at radius 1 is 1.45 bits per heavy atom. The van der Waals surface area contributed by atoms with Gasteiger partial charge in [0.05, 0.1) is 6.61 Å². The second-order valence-electron chi connectivity index (χ2n) is 4.92.